The van der Waals surface area contributed by atoms with Crippen LogP contribution in [-0.4, -0.2) is 48.6 Å². The third kappa shape index (κ3) is 5.04. The number of halogens is 1. The highest BCUT2D eigenvalue weighted by Crippen LogP contribution is 2.23. The van der Waals surface area contributed by atoms with Gasteiger partial charge in [-0.15, -0.1) is 0 Å². The van der Waals surface area contributed by atoms with Gasteiger partial charge < -0.3 is 19.9 Å². The van der Waals surface area contributed by atoms with Gasteiger partial charge in [0.25, 0.3) is 5.91 Å². The van der Waals surface area contributed by atoms with E-state index in [9.17, 15) is 4.79 Å². The highest BCUT2D eigenvalue weighted by Gasteiger charge is 2.19. The molecule has 1 fully saturated rings. The van der Waals surface area contributed by atoms with Gasteiger partial charge >= 0.3 is 0 Å². The molecule has 0 bridgehead atoms. The Bertz CT molecular complexity index is 1340. The number of anilines is 2. The zero-order valence-electron chi connectivity index (χ0n) is 20.6. The average molecular weight is 548 g/mol. The van der Waals surface area contributed by atoms with Crippen LogP contribution in [0, 0.1) is 0 Å². The van der Waals surface area contributed by atoms with E-state index in [-0.39, 0.29) is 5.91 Å². The van der Waals surface area contributed by atoms with Crippen LogP contribution in [0.1, 0.15) is 28.7 Å². The molecule has 4 aromatic rings. The molecule has 36 heavy (non-hydrogen) atoms. The number of ether oxygens (including phenoxy) is 1. The van der Waals surface area contributed by atoms with Gasteiger partial charge in [0.05, 0.1) is 12.8 Å². The number of nitrogens with zero attached hydrogens (tertiary/aromatic N) is 4. The fourth-order valence-corrected chi connectivity index (χ4v) is 4.99. The van der Waals surface area contributed by atoms with Gasteiger partial charge in [-0.05, 0) is 60.5 Å². The van der Waals surface area contributed by atoms with E-state index in [1.54, 1.807) is 7.11 Å². The molecule has 7 nitrogen and oxygen atoms in total. The molecular weight excluding hydrogens is 518 g/mol. The smallest absolute Gasteiger partial charge is 0.270 e. The van der Waals surface area contributed by atoms with Gasteiger partial charge in [-0.1, -0.05) is 35.0 Å². The maximum Gasteiger partial charge on any atom is 0.270 e. The molecule has 2 aromatic carbocycles. The first kappa shape index (κ1) is 24.2. The first-order valence-corrected chi connectivity index (χ1v) is 13.0. The van der Waals surface area contributed by atoms with Crippen LogP contribution in [-0.2, 0) is 13.0 Å². The number of amides is 1. The van der Waals surface area contributed by atoms with Crippen molar-refractivity contribution in [3.8, 4) is 5.75 Å². The molecule has 8 heteroatoms. The lowest BCUT2D eigenvalue weighted by Crippen LogP contribution is -2.46. The number of aromatic nitrogens is 2. The number of rotatable bonds is 7. The molecule has 1 saturated heterocycles. The summed E-state index contributed by atoms with van der Waals surface area (Å²) in [5.41, 5.74) is 5.67. The Kier molecular flexibility index (Phi) is 7.13. The van der Waals surface area contributed by atoms with Crippen molar-refractivity contribution >= 4 is 38.9 Å². The Morgan fingerprint density at radius 2 is 1.58 bits per heavy atom. The maximum absolute atomic E-state index is 13.1. The fourth-order valence-electron chi connectivity index (χ4n) is 4.66. The van der Waals surface area contributed by atoms with Crippen molar-refractivity contribution in [2.75, 3.05) is 43.1 Å². The number of aryl methyl sites for hydroxylation is 1. The zero-order valence-corrected chi connectivity index (χ0v) is 22.2. The van der Waals surface area contributed by atoms with Gasteiger partial charge in [0, 0.05) is 54.8 Å². The van der Waals surface area contributed by atoms with Gasteiger partial charge in [0.15, 0.2) is 0 Å². The summed E-state index contributed by atoms with van der Waals surface area (Å²) in [6, 6.07) is 20.6. The Labute approximate surface area is 219 Å². The third-order valence-electron chi connectivity index (χ3n) is 6.68. The second-order valence-electron chi connectivity index (χ2n) is 8.86. The average Bonchev–Trinajstić information content (AvgIpc) is 3.30. The number of imidazole rings is 1. The van der Waals surface area contributed by atoms with Gasteiger partial charge in [-0.3, -0.25) is 9.20 Å². The number of carbonyl (C=O) groups excluding carboxylic acids is 1. The van der Waals surface area contributed by atoms with E-state index in [4.69, 9.17) is 4.74 Å². The summed E-state index contributed by atoms with van der Waals surface area (Å²) in [7, 11) is 1.69. The van der Waals surface area contributed by atoms with Crippen LogP contribution in [0.4, 0.5) is 11.4 Å². The predicted molar refractivity (Wildman–Crippen MR) is 147 cm³/mol. The maximum atomic E-state index is 13.1. The Balaban J connectivity index is 1.18. The number of benzene rings is 2. The van der Waals surface area contributed by atoms with Crippen LogP contribution in [0.25, 0.3) is 5.65 Å². The number of fused-ring (bicyclic) bond motifs is 1. The summed E-state index contributed by atoms with van der Waals surface area (Å²) in [4.78, 5) is 22.5. The van der Waals surface area contributed by atoms with Crippen molar-refractivity contribution < 1.29 is 9.53 Å². The fraction of sp³-hybridized carbons (Fsp3) is 0.286. The first-order valence-electron chi connectivity index (χ1n) is 12.2. The van der Waals surface area contributed by atoms with Gasteiger partial charge in [0.1, 0.15) is 17.1 Å². The van der Waals surface area contributed by atoms with Crippen molar-refractivity contribution in [3.63, 3.8) is 0 Å². The van der Waals surface area contributed by atoms with Crippen LogP contribution in [0.5, 0.6) is 5.75 Å². The SMILES string of the molecule is CCc1nc2cc(Br)ccn2c1C(=O)NCc1ccc(N2CCN(c3ccc(OC)cc3)CC2)cc1. The summed E-state index contributed by atoms with van der Waals surface area (Å²) in [6.45, 7) is 6.36. The van der Waals surface area contributed by atoms with E-state index in [1.165, 1.54) is 11.4 Å². The number of piperazine rings is 1. The Morgan fingerprint density at radius 3 is 2.17 bits per heavy atom. The van der Waals surface area contributed by atoms with Crippen molar-refractivity contribution in [2.24, 2.45) is 0 Å². The second-order valence-corrected chi connectivity index (χ2v) is 9.77. The predicted octanol–water partition coefficient (Wildman–Crippen LogP) is 4.92. The summed E-state index contributed by atoms with van der Waals surface area (Å²) in [5, 5.41) is 3.07. The number of pyridine rings is 1. The van der Waals surface area contributed by atoms with E-state index < -0.39 is 0 Å². The van der Waals surface area contributed by atoms with E-state index in [2.05, 4.69) is 72.4 Å². The van der Waals surface area contributed by atoms with E-state index in [0.29, 0.717) is 18.7 Å². The molecule has 5 rings (SSSR count). The van der Waals surface area contributed by atoms with E-state index in [0.717, 1.165) is 53.3 Å². The zero-order chi connectivity index (χ0) is 25.1. The topological polar surface area (TPSA) is 62.1 Å². The number of hydrogen-bond donors (Lipinski definition) is 1. The summed E-state index contributed by atoms with van der Waals surface area (Å²) >= 11 is 3.48. The molecule has 0 saturated carbocycles. The lowest BCUT2D eigenvalue weighted by atomic mass is 10.1. The van der Waals surface area contributed by atoms with Crippen LogP contribution >= 0.6 is 15.9 Å². The molecule has 1 aliphatic rings. The highest BCUT2D eigenvalue weighted by atomic mass is 79.9. The largest absolute Gasteiger partial charge is 0.497 e. The normalized spacial score (nSPS) is 13.8. The summed E-state index contributed by atoms with van der Waals surface area (Å²) in [5.74, 6) is 0.770. The molecule has 0 radical (unpaired) electrons. The van der Waals surface area contributed by atoms with Crippen LogP contribution in [0.3, 0.4) is 0 Å². The lowest BCUT2D eigenvalue weighted by molar-refractivity contribution is 0.0944. The van der Waals surface area contributed by atoms with Crippen LogP contribution in [0.15, 0.2) is 71.3 Å². The Morgan fingerprint density at radius 1 is 0.972 bits per heavy atom. The van der Waals surface area contributed by atoms with E-state index >= 15 is 0 Å². The monoisotopic (exact) mass is 547 g/mol. The summed E-state index contributed by atoms with van der Waals surface area (Å²) in [6.07, 6.45) is 2.58. The molecule has 0 unspecified atom stereocenters. The van der Waals surface area contributed by atoms with Gasteiger partial charge in [-0.2, -0.15) is 0 Å². The second kappa shape index (κ2) is 10.6. The molecule has 0 spiro atoms. The molecule has 2 aromatic heterocycles. The standard InChI is InChI=1S/C28H30BrN5O2/c1-3-25-27(34-13-12-21(29)18-26(34)31-25)28(35)30-19-20-4-6-22(7-5-20)32-14-16-33(17-15-32)23-8-10-24(36-2)11-9-23/h4-13,18H,3,14-17,19H2,1-2H3,(H,30,35). The lowest BCUT2D eigenvalue weighted by Gasteiger charge is -2.37. The molecule has 0 atom stereocenters. The number of hydrogen-bond acceptors (Lipinski definition) is 5. The molecule has 0 aliphatic carbocycles. The quantitative estimate of drug-likeness (QED) is 0.355. The minimum Gasteiger partial charge on any atom is -0.497 e. The number of methoxy groups -OCH3 is 1. The first-order chi connectivity index (χ1) is 17.6. The third-order valence-corrected chi connectivity index (χ3v) is 7.18. The molecule has 186 valence electrons. The molecule has 1 N–H and O–H groups in total. The van der Waals surface area contributed by atoms with Crippen molar-refractivity contribution in [3.05, 3.63) is 88.3 Å². The van der Waals surface area contributed by atoms with E-state index in [1.807, 2.05) is 41.8 Å². The molecule has 1 amide bonds. The summed E-state index contributed by atoms with van der Waals surface area (Å²) < 4.78 is 8.06. The highest BCUT2D eigenvalue weighted by molar-refractivity contribution is 9.10. The van der Waals surface area contributed by atoms with Gasteiger partial charge in [0.2, 0.25) is 0 Å². The molecule has 3 heterocycles. The minimum absolute atomic E-state index is 0.111. The number of nitrogens with one attached hydrogen (secondary N) is 1. The van der Waals surface area contributed by atoms with Gasteiger partial charge in [-0.25, -0.2) is 4.98 Å². The van der Waals surface area contributed by atoms with Crippen LogP contribution < -0.4 is 19.9 Å². The molecule has 1 aliphatic heterocycles. The number of carbonyl (C=O) groups is 1. The van der Waals surface area contributed by atoms with Crippen molar-refractivity contribution in [1.82, 2.24) is 14.7 Å². The van der Waals surface area contributed by atoms with Crippen molar-refractivity contribution in [1.29, 1.82) is 0 Å². The van der Waals surface area contributed by atoms with Crippen LogP contribution in [0.2, 0.25) is 0 Å². The Hall–Kier alpha value is -3.52. The molecular formula is C28H30BrN5O2. The minimum atomic E-state index is -0.111. The van der Waals surface area contributed by atoms with Crippen molar-refractivity contribution in [2.45, 2.75) is 19.9 Å².